The van der Waals surface area contributed by atoms with E-state index in [-0.39, 0.29) is 118 Å². The Balaban J connectivity index is 0.604. The lowest BCUT2D eigenvalue weighted by Crippen LogP contribution is -2.50. The second kappa shape index (κ2) is 42.5. The molecule has 5 atom stereocenters. The van der Waals surface area contributed by atoms with Crippen molar-refractivity contribution in [3.63, 3.8) is 0 Å². The van der Waals surface area contributed by atoms with Crippen molar-refractivity contribution in [1.82, 2.24) is 25.3 Å². The van der Waals surface area contributed by atoms with Crippen molar-refractivity contribution in [2.24, 2.45) is 16.8 Å². The van der Waals surface area contributed by atoms with E-state index >= 15 is 0 Å². The van der Waals surface area contributed by atoms with Crippen molar-refractivity contribution in [3.8, 4) is 17.2 Å². The van der Waals surface area contributed by atoms with Crippen LogP contribution in [0.4, 0.5) is 16.2 Å². The number of methoxy groups -OCH3 is 1. The van der Waals surface area contributed by atoms with Gasteiger partial charge in [0.05, 0.1) is 153 Å². The average molecular weight is 1490 g/mol. The summed E-state index contributed by atoms with van der Waals surface area (Å²) in [5.41, 5.74) is 4.89. The molecule has 0 saturated carbocycles. The minimum atomic E-state index is -1.43. The van der Waals surface area contributed by atoms with E-state index in [1.165, 1.54) is 19.3 Å². The van der Waals surface area contributed by atoms with E-state index in [0.717, 1.165) is 33.8 Å². The molecule has 29 heteroatoms. The van der Waals surface area contributed by atoms with Gasteiger partial charge in [-0.15, -0.1) is 0 Å². The highest BCUT2D eigenvalue weighted by molar-refractivity contribution is 6.13. The van der Waals surface area contributed by atoms with Gasteiger partial charge in [-0.1, -0.05) is 56.3 Å². The number of aryl methyl sites for hydroxylation is 1. The molecular formula is C78H101N7O22. The summed E-state index contributed by atoms with van der Waals surface area (Å²) in [6.07, 6.45) is 4.94. The van der Waals surface area contributed by atoms with E-state index in [0.29, 0.717) is 170 Å². The van der Waals surface area contributed by atoms with E-state index in [4.69, 9.17) is 56.8 Å². The second-order valence-electron chi connectivity index (χ2n) is 26.8. The molecule has 29 nitrogen and oxygen atoms in total. The number of carbonyl (C=O) groups excluding carboxylic acids is 9. The highest BCUT2D eigenvalue weighted by atomic mass is 16.6. The lowest BCUT2D eigenvalue weighted by molar-refractivity contribution is -0.137. The largest absolute Gasteiger partial charge is 0.493 e. The number of benzene rings is 4. The first-order chi connectivity index (χ1) is 51.9. The van der Waals surface area contributed by atoms with Crippen molar-refractivity contribution in [1.29, 1.82) is 0 Å². The lowest BCUT2D eigenvalue weighted by Gasteiger charge is -2.31. The third-order valence-electron chi connectivity index (χ3n) is 18.7. The molecule has 2 fully saturated rings. The van der Waals surface area contributed by atoms with Crippen LogP contribution in [-0.2, 0) is 97.6 Å². The Bertz CT molecular complexity index is 3720. The van der Waals surface area contributed by atoms with E-state index in [9.17, 15) is 48.3 Å². The van der Waals surface area contributed by atoms with Gasteiger partial charge < -0.3 is 82.4 Å². The molecule has 4 aromatic carbocycles. The minimum absolute atomic E-state index is 0.00191. The Morgan fingerprint density at radius 3 is 1.77 bits per heavy atom. The number of ether oxygens (including phenoxy) is 12. The summed E-state index contributed by atoms with van der Waals surface area (Å²) < 4.78 is 68.4. The number of amides is 7. The first-order valence-corrected chi connectivity index (χ1v) is 36.7. The maximum Gasteiger partial charge on any atom is 0.416 e. The predicted octanol–water partition coefficient (Wildman–Crippen LogP) is 6.36. The monoisotopic (exact) mass is 1490 g/mol. The van der Waals surface area contributed by atoms with Gasteiger partial charge in [-0.3, -0.25) is 48.2 Å². The number of nitrogens with zero attached hydrogens (tertiary/aromatic N) is 5. The number of hydrogen-bond acceptors (Lipinski definition) is 23. The maximum atomic E-state index is 14.3. The number of imide groups is 1. The van der Waals surface area contributed by atoms with Gasteiger partial charge in [-0.05, 0) is 91.5 Å². The zero-order chi connectivity index (χ0) is 76.0. The molecule has 5 aliphatic rings. The number of anilines is 1. The fourth-order valence-electron chi connectivity index (χ4n) is 12.7. The molecule has 4 aromatic rings. The topological polar surface area (TPSA) is 334 Å². The zero-order valence-electron chi connectivity index (χ0n) is 61.8. The Labute approximate surface area is 623 Å². The van der Waals surface area contributed by atoms with Gasteiger partial charge in [-0.25, -0.2) is 9.69 Å². The van der Waals surface area contributed by atoms with Gasteiger partial charge in [0.1, 0.15) is 31.4 Å². The summed E-state index contributed by atoms with van der Waals surface area (Å²) in [5, 5.41) is 17.4. The van der Waals surface area contributed by atoms with Crippen LogP contribution in [0.1, 0.15) is 114 Å². The first kappa shape index (κ1) is 82.0. The van der Waals surface area contributed by atoms with E-state index in [1.54, 1.807) is 60.4 Å². The van der Waals surface area contributed by atoms with Crippen LogP contribution in [0.25, 0.3) is 0 Å². The lowest BCUT2D eigenvalue weighted by atomic mass is 9.88. The van der Waals surface area contributed by atoms with Gasteiger partial charge in [0.2, 0.25) is 11.8 Å². The molecule has 5 aliphatic heterocycles. The molecule has 0 aliphatic carbocycles. The molecule has 0 bridgehead atoms. The Kier molecular flexibility index (Phi) is 32.6. The van der Waals surface area contributed by atoms with E-state index in [1.807, 2.05) is 56.2 Å². The molecule has 0 spiro atoms. The summed E-state index contributed by atoms with van der Waals surface area (Å²) in [6, 6.07) is 19.7. The highest BCUT2D eigenvalue weighted by Gasteiger charge is 2.45. The number of fused-ring (bicyclic) bond motifs is 4. The number of aliphatic imine (C=N–C) groups is 1. The van der Waals surface area contributed by atoms with Crippen LogP contribution < -0.4 is 29.7 Å². The van der Waals surface area contributed by atoms with Gasteiger partial charge in [-0.2, -0.15) is 0 Å². The number of hydrogen-bond donors (Lipinski definition) is 3. The van der Waals surface area contributed by atoms with Crippen molar-refractivity contribution in [2.45, 2.75) is 123 Å². The highest BCUT2D eigenvalue weighted by Crippen LogP contribution is 2.41. The van der Waals surface area contributed by atoms with Crippen LogP contribution >= 0.6 is 0 Å². The molecule has 5 heterocycles. The molecule has 580 valence electrons. The summed E-state index contributed by atoms with van der Waals surface area (Å²) in [5.74, 6) is -1.88. The Morgan fingerprint density at radius 2 is 1.16 bits per heavy atom. The van der Waals surface area contributed by atoms with Crippen molar-refractivity contribution in [2.75, 3.05) is 144 Å². The standard InChI is InChI=1S/C78H101N7O22/c1-52(2)61(44-60(86)20-25-97-27-29-99-31-33-101-35-37-103-39-40-104-38-36-102-34-32-100-30-28-98-26-21-79-71(88)19-24-84-72(89)17-18-73(84)90)74(91)81-54(4)67(87)43-55-13-15-56(16-14-55)49-107-78(95)85-66-47-68(53(3)41-63(66)76(93)83-23-8-12-65(83)77(85)94)105-50-57-9-6-10-58(42-57)51-106-70-46-64-62(45-69(70)96-5)75(92)82-22-7-11-59(82)48-80-64/h6,9-10,13-18,41-42,45-48,52,54,59,61,65,77,94H,7-8,11-12,19-40,43-44,49-51H2,1-5H3,(H,79,88)(H,81,91)/t54-,59-,61-,65-,77-/m0/s1. The predicted molar refractivity (Wildman–Crippen MR) is 390 cm³/mol. The fourth-order valence-corrected chi connectivity index (χ4v) is 12.7. The first-order valence-electron chi connectivity index (χ1n) is 36.7. The molecule has 9 rings (SSSR count). The number of aliphatic hydroxyl groups is 1. The average Bonchev–Trinajstić information content (AvgIpc) is 1.63. The summed E-state index contributed by atoms with van der Waals surface area (Å²) >= 11 is 0. The SMILES string of the molecule is COc1cc2c(cc1OCc1cccc(COc3cc4c(cc3C)C(=O)N3CCC[C@H]3[C@H](O)N4C(=O)OCc3ccc(CC(=O)[C@H](C)NC(=O)[C@@H](CC(=O)CCOCCOCCOCCOCCOCCOCCOCCOCCNC(=O)CCN4C(=O)C=CC4=O)C(C)C)cc3)c1)N=C[C@@H]1CCCN1C2=O. The quantitative estimate of drug-likeness (QED) is 0.0320. The van der Waals surface area contributed by atoms with Crippen molar-refractivity contribution < 1.29 is 105 Å². The van der Waals surface area contributed by atoms with E-state index in [2.05, 4.69) is 15.6 Å². The van der Waals surface area contributed by atoms with Crippen molar-refractivity contribution in [3.05, 3.63) is 124 Å². The van der Waals surface area contributed by atoms with Gasteiger partial charge in [0.25, 0.3) is 23.6 Å². The van der Waals surface area contributed by atoms with Gasteiger partial charge in [0, 0.05) is 88.3 Å². The molecule has 3 N–H and O–H groups in total. The Morgan fingerprint density at radius 1 is 0.598 bits per heavy atom. The molecule has 7 amide bonds. The van der Waals surface area contributed by atoms with Gasteiger partial charge >= 0.3 is 6.09 Å². The minimum Gasteiger partial charge on any atom is -0.493 e. The fraction of sp³-hybridized carbons (Fsp3) is 0.538. The summed E-state index contributed by atoms with van der Waals surface area (Å²) in [7, 11) is 1.53. The van der Waals surface area contributed by atoms with E-state index < -0.39 is 48.0 Å². The number of ketones is 2. The zero-order valence-corrected chi connectivity index (χ0v) is 61.8. The van der Waals surface area contributed by atoms with Crippen molar-refractivity contribution >= 4 is 70.7 Å². The number of nitrogens with one attached hydrogen (secondary N) is 2. The molecular weight excluding hydrogens is 1390 g/mol. The normalized spacial score (nSPS) is 17.2. The van der Waals surface area contributed by atoms with Crippen LogP contribution in [0.5, 0.6) is 17.2 Å². The van der Waals surface area contributed by atoms with Gasteiger partial charge in [0.15, 0.2) is 23.5 Å². The number of Topliss-reactive ketones (excluding diaryl/α,β-unsaturated/α-hetero) is 2. The van der Waals surface area contributed by atoms with Crippen LogP contribution in [0, 0.1) is 18.8 Å². The molecule has 0 unspecified atom stereocenters. The van der Waals surface area contributed by atoms with Crippen LogP contribution in [0.3, 0.4) is 0 Å². The summed E-state index contributed by atoms with van der Waals surface area (Å²) in [6.45, 7) is 14.3. The van der Waals surface area contributed by atoms with Crippen LogP contribution in [0.15, 0.2) is 89.9 Å². The third kappa shape index (κ3) is 24.5. The van der Waals surface area contributed by atoms with Crippen LogP contribution in [0.2, 0.25) is 0 Å². The number of rotatable bonds is 47. The molecule has 2 saturated heterocycles. The third-order valence-corrected chi connectivity index (χ3v) is 18.7. The second-order valence-corrected chi connectivity index (χ2v) is 26.8. The number of aliphatic hydroxyl groups excluding tert-OH is 1. The van der Waals surface area contributed by atoms with Crippen LogP contribution in [-0.4, -0.2) is 242 Å². The maximum absolute atomic E-state index is 14.3. The summed E-state index contributed by atoms with van der Waals surface area (Å²) in [4.78, 5) is 127. The molecule has 107 heavy (non-hydrogen) atoms. The number of carbonyl (C=O) groups is 9. The Hall–Kier alpha value is -9.04. The molecule has 0 radical (unpaired) electrons. The molecule has 0 aromatic heterocycles. The smallest absolute Gasteiger partial charge is 0.416 e.